The molecule has 1 N–H and O–H groups in total. The molecule has 16 nitrogen and oxygen atoms in total. The zero-order chi connectivity index (χ0) is 50.3. The Morgan fingerprint density at radius 1 is 0.722 bits per heavy atom. The molecule has 0 spiro atoms. The zero-order valence-corrected chi connectivity index (χ0v) is 40.3. The Labute approximate surface area is 413 Å². The summed E-state index contributed by atoms with van der Waals surface area (Å²) in [6.07, 6.45) is 3.49. The number of hydrogen-bond acceptors (Lipinski definition) is 13. The van der Waals surface area contributed by atoms with Crippen molar-refractivity contribution in [2.75, 3.05) is 36.0 Å². The molecule has 5 aromatic carbocycles. The van der Waals surface area contributed by atoms with E-state index in [1.54, 1.807) is 6.92 Å². The van der Waals surface area contributed by atoms with Gasteiger partial charge in [0.1, 0.15) is 24.2 Å². The number of phosphoric ester groups is 1. The first kappa shape index (κ1) is 49.7. The van der Waals surface area contributed by atoms with Gasteiger partial charge in [-0.15, -0.1) is 5.10 Å². The Hall–Kier alpha value is -7.28. The Kier molecular flexibility index (Phi) is 14.9. The average molecular weight is 1000 g/mol. The summed E-state index contributed by atoms with van der Waals surface area (Å²) in [5.41, 5.74) is 0.702. The number of anilines is 2. The molecule has 0 aliphatic carbocycles. The van der Waals surface area contributed by atoms with E-state index in [4.69, 9.17) is 13.6 Å². The van der Waals surface area contributed by atoms with Gasteiger partial charge in [-0.1, -0.05) is 104 Å². The second-order valence-electron chi connectivity index (χ2n) is 17.4. The molecule has 1 fully saturated rings. The Morgan fingerprint density at radius 2 is 1.28 bits per heavy atom. The highest BCUT2D eigenvalue weighted by molar-refractivity contribution is 7.48. The van der Waals surface area contributed by atoms with Crippen LogP contribution in [0.4, 0.5) is 24.5 Å². The topological polar surface area (TPSA) is 168 Å². The predicted octanol–water partition coefficient (Wildman–Crippen LogP) is 9.13. The maximum atomic E-state index is 16.3. The van der Waals surface area contributed by atoms with Crippen LogP contribution in [-0.2, 0) is 49.4 Å². The van der Waals surface area contributed by atoms with Crippen LogP contribution in [0.2, 0.25) is 0 Å². The van der Waals surface area contributed by atoms with Gasteiger partial charge in [-0.25, -0.2) is 27.7 Å². The number of piperazine rings is 1. The molecule has 1 saturated heterocycles. The number of halogens is 3. The molecule has 3 aromatic heterocycles. The largest absolute Gasteiger partial charge is 0.475 e. The summed E-state index contributed by atoms with van der Waals surface area (Å²) in [6, 6.07) is 40.9. The summed E-state index contributed by atoms with van der Waals surface area (Å²) in [5, 5.41) is 26.5. The second-order valence-corrected chi connectivity index (χ2v) is 19.0. The lowest BCUT2D eigenvalue weighted by Crippen LogP contribution is -2.48. The van der Waals surface area contributed by atoms with Crippen LogP contribution >= 0.6 is 7.82 Å². The standard InChI is InChI=1S/C52H52F3N10O6P/c1-3-48(38(2)71-72(68,69-33-39-12-6-4-7-13-39)70-34-40-14-8-5-9-15-40)65-50(66)64(37-58-65)45-25-23-44(24-26-45)62-30-28-61(29-31-62)43-21-18-41(19-22-43)42-20-27-49(56-32-42)52(54,55)51(67,35-63-36-57-59-60-63)46-16-10-11-17-47(46)53/h4-27,32,36-38,48,67H,3,28-31,33-35H2,1-2H3/t38-,48-,51?/m0/s1. The molecule has 0 bridgehead atoms. The smallest absolute Gasteiger partial charge is 0.377 e. The molecule has 3 atom stereocenters. The quantitative estimate of drug-likeness (QED) is 0.0719. The van der Waals surface area contributed by atoms with Crippen molar-refractivity contribution < 1.29 is 36.4 Å². The third kappa shape index (κ3) is 10.8. The molecule has 9 rings (SSSR count). The fourth-order valence-corrected chi connectivity index (χ4v) is 10.1. The van der Waals surface area contributed by atoms with Crippen LogP contribution in [-0.4, -0.2) is 76.9 Å². The van der Waals surface area contributed by atoms with Crippen molar-refractivity contribution in [2.24, 2.45) is 0 Å². The van der Waals surface area contributed by atoms with Gasteiger partial charge in [0.2, 0.25) is 0 Å². The highest BCUT2D eigenvalue weighted by Gasteiger charge is 2.58. The first-order valence-corrected chi connectivity index (χ1v) is 24.8. The van der Waals surface area contributed by atoms with Gasteiger partial charge in [0.05, 0.1) is 37.6 Å². The van der Waals surface area contributed by atoms with E-state index < -0.39 is 55.1 Å². The van der Waals surface area contributed by atoms with Crippen LogP contribution in [0.1, 0.15) is 48.7 Å². The van der Waals surface area contributed by atoms with E-state index in [2.05, 4.69) is 35.4 Å². The maximum Gasteiger partial charge on any atom is 0.475 e. The van der Waals surface area contributed by atoms with Gasteiger partial charge in [-0.2, -0.15) is 13.9 Å². The van der Waals surface area contributed by atoms with E-state index in [9.17, 15) is 18.9 Å². The lowest BCUT2D eigenvalue weighted by Gasteiger charge is -2.37. The van der Waals surface area contributed by atoms with Crippen molar-refractivity contribution in [3.05, 3.63) is 203 Å². The second kappa shape index (κ2) is 21.6. The first-order chi connectivity index (χ1) is 34.8. The van der Waals surface area contributed by atoms with Crippen LogP contribution in [0.3, 0.4) is 0 Å². The van der Waals surface area contributed by atoms with Gasteiger partial charge < -0.3 is 14.9 Å². The number of rotatable bonds is 20. The minimum absolute atomic E-state index is 0.00146. The summed E-state index contributed by atoms with van der Waals surface area (Å²) in [4.78, 5) is 22.5. The molecule has 8 aromatic rings. The van der Waals surface area contributed by atoms with Crippen LogP contribution in [0.5, 0.6) is 0 Å². The van der Waals surface area contributed by atoms with E-state index in [-0.39, 0.29) is 18.9 Å². The molecule has 1 unspecified atom stereocenters. The number of hydrogen-bond donors (Lipinski definition) is 1. The van der Waals surface area contributed by atoms with E-state index in [1.165, 1.54) is 40.0 Å². The van der Waals surface area contributed by atoms with E-state index in [0.717, 1.165) is 83.5 Å². The molecular formula is C52H52F3N10O6P. The fraction of sp³-hybridized carbons (Fsp3) is 0.269. The van der Waals surface area contributed by atoms with E-state index in [1.807, 2.05) is 116 Å². The third-order valence-corrected chi connectivity index (χ3v) is 14.3. The van der Waals surface area contributed by atoms with Gasteiger partial charge in [0.15, 0.2) is 5.60 Å². The van der Waals surface area contributed by atoms with Crippen molar-refractivity contribution in [3.63, 3.8) is 0 Å². The molecule has 1 aliphatic rings. The highest BCUT2D eigenvalue weighted by atomic mass is 31.2. The lowest BCUT2D eigenvalue weighted by atomic mass is 9.84. The molecule has 372 valence electrons. The Morgan fingerprint density at radius 3 is 1.82 bits per heavy atom. The van der Waals surface area contributed by atoms with Crippen LogP contribution < -0.4 is 15.5 Å². The summed E-state index contributed by atoms with van der Waals surface area (Å²) < 4.78 is 83.2. The number of phosphoric acid groups is 1. The van der Waals surface area contributed by atoms with Gasteiger partial charge in [-0.05, 0) is 89.0 Å². The highest BCUT2D eigenvalue weighted by Crippen LogP contribution is 2.53. The van der Waals surface area contributed by atoms with Crippen LogP contribution in [0, 0.1) is 5.82 Å². The monoisotopic (exact) mass is 1000 g/mol. The number of alkyl halides is 2. The lowest BCUT2D eigenvalue weighted by molar-refractivity contribution is -0.207. The molecule has 0 radical (unpaired) electrons. The van der Waals surface area contributed by atoms with Gasteiger partial charge >= 0.3 is 19.4 Å². The predicted molar refractivity (Wildman–Crippen MR) is 264 cm³/mol. The Balaban J connectivity index is 0.812. The van der Waals surface area contributed by atoms with Gasteiger partial charge in [-0.3, -0.25) is 18.6 Å². The molecule has 0 saturated carbocycles. The molecule has 20 heteroatoms. The van der Waals surface area contributed by atoms with Crippen molar-refractivity contribution in [3.8, 4) is 16.8 Å². The molecular weight excluding hydrogens is 949 g/mol. The molecule has 72 heavy (non-hydrogen) atoms. The molecule has 4 heterocycles. The number of tetrazole rings is 1. The number of aromatic nitrogens is 8. The van der Waals surface area contributed by atoms with Gasteiger partial charge in [0, 0.05) is 54.9 Å². The summed E-state index contributed by atoms with van der Waals surface area (Å²) in [6.45, 7) is 5.72. The first-order valence-electron chi connectivity index (χ1n) is 23.4. The van der Waals surface area contributed by atoms with E-state index in [0.29, 0.717) is 17.7 Å². The minimum atomic E-state index is -4.14. The number of pyridine rings is 1. The molecule has 1 aliphatic heterocycles. The maximum absolute atomic E-state index is 16.3. The van der Waals surface area contributed by atoms with Crippen LogP contribution in [0.15, 0.2) is 169 Å². The fourth-order valence-electron chi connectivity index (χ4n) is 8.76. The van der Waals surface area contributed by atoms with Gasteiger partial charge in [0.25, 0.3) is 0 Å². The average Bonchev–Trinajstić information content (AvgIpc) is 4.07. The normalized spacial score (nSPS) is 15.0. The third-order valence-electron chi connectivity index (χ3n) is 12.8. The Bertz CT molecular complexity index is 3080. The summed E-state index contributed by atoms with van der Waals surface area (Å²) >= 11 is 0. The van der Waals surface area contributed by atoms with Crippen molar-refractivity contribution >= 4 is 19.2 Å². The number of benzene rings is 5. The number of nitrogens with zero attached hydrogens (tertiary/aromatic N) is 10. The van der Waals surface area contributed by atoms with Crippen molar-refractivity contribution in [2.45, 2.75) is 63.7 Å². The van der Waals surface area contributed by atoms with Crippen molar-refractivity contribution in [1.82, 2.24) is 39.5 Å². The van der Waals surface area contributed by atoms with E-state index >= 15 is 8.78 Å². The minimum Gasteiger partial charge on any atom is -0.377 e. The SMILES string of the molecule is CC[C@@H]([C@H](C)OP(=O)(OCc1ccccc1)OCc1ccccc1)n1ncn(-c2ccc(N3CCN(c4ccc(-c5ccc(C(F)(F)C(O)(Cn6cnnn6)c6ccccc6F)nc5)cc4)CC3)cc2)c1=O. The summed E-state index contributed by atoms with van der Waals surface area (Å²) in [5.74, 6) is -5.06. The zero-order valence-electron chi connectivity index (χ0n) is 39.4. The molecule has 0 amide bonds. The summed E-state index contributed by atoms with van der Waals surface area (Å²) in [7, 11) is -4.14. The van der Waals surface area contributed by atoms with Crippen molar-refractivity contribution in [1.29, 1.82) is 0 Å². The number of aliphatic hydroxyl groups is 1. The van der Waals surface area contributed by atoms with Crippen LogP contribution in [0.25, 0.3) is 16.8 Å².